The Hall–Kier alpha value is -1.85. The predicted molar refractivity (Wildman–Crippen MR) is 130 cm³/mol. The minimum absolute atomic E-state index is 0.105. The van der Waals surface area contributed by atoms with Crippen molar-refractivity contribution in [2.45, 2.75) is 36.4 Å². The van der Waals surface area contributed by atoms with Gasteiger partial charge in [0, 0.05) is 43.3 Å². The summed E-state index contributed by atoms with van der Waals surface area (Å²) in [5, 5.41) is 5.87. The van der Waals surface area contributed by atoms with Crippen LogP contribution in [0.3, 0.4) is 0 Å². The van der Waals surface area contributed by atoms with Gasteiger partial charge in [0.1, 0.15) is 9.90 Å². The van der Waals surface area contributed by atoms with Crippen LogP contribution in [-0.4, -0.2) is 62.2 Å². The number of nitrogens with zero attached hydrogens (tertiary/aromatic N) is 4. The number of nitrogens with one attached hydrogen (secondary N) is 1. The van der Waals surface area contributed by atoms with Crippen LogP contribution >= 0.6 is 22.9 Å². The van der Waals surface area contributed by atoms with E-state index in [0.29, 0.717) is 4.21 Å². The molecule has 10 heteroatoms. The summed E-state index contributed by atoms with van der Waals surface area (Å²) < 4.78 is 33.5. The van der Waals surface area contributed by atoms with Crippen molar-refractivity contribution in [1.82, 2.24) is 19.2 Å². The molecule has 1 aliphatic carbocycles. The van der Waals surface area contributed by atoms with Crippen molar-refractivity contribution in [1.29, 1.82) is 0 Å². The lowest BCUT2D eigenvalue weighted by molar-refractivity contribution is 0.312. The Morgan fingerprint density at radius 2 is 1.91 bits per heavy atom. The zero-order chi connectivity index (χ0) is 22.3. The predicted octanol–water partition coefficient (Wildman–Crippen LogP) is 3.16. The van der Waals surface area contributed by atoms with Crippen molar-refractivity contribution in [2.75, 3.05) is 38.1 Å². The molecule has 1 N–H and O–H groups in total. The quantitative estimate of drug-likeness (QED) is 0.593. The van der Waals surface area contributed by atoms with E-state index in [1.54, 1.807) is 12.1 Å². The topological polar surface area (TPSA) is 78.4 Å². The highest BCUT2D eigenvalue weighted by atomic mass is 32.2. The fourth-order valence-corrected chi connectivity index (χ4v) is 7.72. The molecule has 3 heterocycles. The molecule has 1 atom stereocenters. The van der Waals surface area contributed by atoms with E-state index in [1.165, 1.54) is 45.2 Å². The molecule has 0 saturated carbocycles. The number of rotatable bonds is 5. The average Bonchev–Trinajstić information content (AvgIpc) is 3.47. The molecule has 0 unspecified atom stereocenters. The van der Waals surface area contributed by atoms with Gasteiger partial charge in [-0.05, 0) is 79.7 Å². The van der Waals surface area contributed by atoms with Gasteiger partial charge in [-0.2, -0.15) is 0 Å². The highest BCUT2D eigenvalue weighted by molar-refractivity contribution is 7.91. The number of aromatic nitrogens is 2. The average molecular weight is 490 g/mol. The van der Waals surface area contributed by atoms with Crippen LogP contribution in [0.2, 0.25) is 0 Å². The van der Waals surface area contributed by atoms with Gasteiger partial charge in [0.15, 0.2) is 0 Å². The lowest BCUT2D eigenvalue weighted by Crippen LogP contribution is -2.45. The number of sulfonamides is 1. The Labute approximate surface area is 197 Å². The summed E-state index contributed by atoms with van der Waals surface area (Å²) in [4.78, 5) is 5.63. The first-order valence-corrected chi connectivity index (χ1v) is 14.0. The standard InChI is InChI=1S/C22H27N5O2S3/c1-15-3-6-20(27-11-9-26(2)10-12-27)18-13-16(4-5-17(15)18)24-32(28,29)22-8-7-21(31-22)19-14-30-25-23-19/h3,6-8,14,16,24H,4-5,9-13H2,1-2H3/t16-/m1/s1. The zero-order valence-electron chi connectivity index (χ0n) is 18.2. The first-order valence-electron chi connectivity index (χ1n) is 10.8. The number of aryl methyl sites for hydroxylation is 1. The molecular weight excluding hydrogens is 462 g/mol. The van der Waals surface area contributed by atoms with Gasteiger partial charge >= 0.3 is 0 Å². The number of fused-ring (bicyclic) bond motifs is 1. The zero-order valence-corrected chi connectivity index (χ0v) is 20.7. The van der Waals surface area contributed by atoms with Crippen LogP contribution in [0.1, 0.15) is 23.1 Å². The highest BCUT2D eigenvalue weighted by Crippen LogP contribution is 2.35. The number of anilines is 1. The molecule has 2 aliphatic rings. The second-order valence-electron chi connectivity index (χ2n) is 8.62. The maximum atomic E-state index is 13.1. The van der Waals surface area contributed by atoms with Crippen LogP contribution in [-0.2, 0) is 22.9 Å². The van der Waals surface area contributed by atoms with Crippen molar-refractivity contribution in [3.05, 3.63) is 46.3 Å². The molecule has 32 heavy (non-hydrogen) atoms. The normalized spacial score (nSPS) is 19.8. The third-order valence-corrected chi connectivity index (χ3v) is 10.1. The first-order chi connectivity index (χ1) is 15.4. The summed E-state index contributed by atoms with van der Waals surface area (Å²) >= 11 is 2.50. The molecule has 1 fully saturated rings. The fourth-order valence-electron chi connectivity index (χ4n) is 4.64. The number of thiophene rings is 1. The molecular formula is C22H27N5O2S3. The van der Waals surface area contributed by atoms with E-state index in [-0.39, 0.29) is 6.04 Å². The van der Waals surface area contributed by atoms with Crippen molar-refractivity contribution in [3.8, 4) is 10.6 Å². The van der Waals surface area contributed by atoms with Gasteiger partial charge in [-0.25, -0.2) is 13.1 Å². The maximum Gasteiger partial charge on any atom is 0.250 e. The monoisotopic (exact) mass is 489 g/mol. The molecule has 0 radical (unpaired) electrons. The van der Waals surface area contributed by atoms with Gasteiger partial charge in [-0.3, -0.25) is 0 Å². The molecule has 3 aromatic rings. The molecule has 7 nitrogen and oxygen atoms in total. The van der Waals surface area contributed by atoms with Crippen LogP contribution in [0, 0.1) is 6.92 Å². The van der Waals surface area contributed by atoms with Crippen molar-refractivity contribution < 1.29 is 8.42 Å². The third kappa shape index (κ3) is 4.34. The Kier molecular flexibility index (Phi) is 6.06. The summed E-state index contributed by atoms with van der Waals surface area (Å²) in [5.41, 5.74) is 6.01. The summed E-state index contributed by atoms with van der Waals surface area (Å²) in [6.07, 6.45) is 2.44. The van der Waals surface area contributed by atoms with Crippen molar-refractivity contribution in [3.63, 3.8) is 0 Å². The van der Waals surface area contributed by atoms with E-state index in [2.05, 4.69) is 50.2 Å². The van der Waals surface area contributed by atoms with Crippen LogP contribution in [0.5, 0.6) is 0 Å². The Morgan fingerprint density at radius 3 is 2.66 bits per heavy atom. The minimum Gasteiger partial charge on any atom is -0.369 e. The lowest BCUT2D eigenvalue weighted by atomic mass is 9.84. The summed E-state index contributed by atoms with van der Waals surface area (Å²) in [6.45, 7) is 6.27. The van der Waals surface area contributed by atoms with E-state index < -0.39 is 10.0 Å². The van der Waals surface area contributed by atoms with Crippen LogP contribution in [0.15, 0.2) is 33.9 Å². The summed E-state index contributed by atoms with van der Waals surface area (Å²) in [6, 6.07) is 7.81. The Bertz CT molecular complexity index is 1200. The van der Waals surface area contributed by atoms with Gasteiger partial charge in [0.05, 0.1) is 4.88 Å². The Balaban J connectivity index is 1.36. The summed E-state index contributed by atoms with van der Waals surface area (Å²) in [5.74, 6) is 0. The first kappa shape index (κ1) is 22.0. The highest BCUT2D eigenvalue weighted by Gasteiger charge is 2.29. The van der Waals surface area contributed by atoms with Crippen LogP contribution in [0.25, 0.3) is 10.6 Å². The van der Waals surface area contributed by atoms with Crippen LogP contribution < -0.4 is 9.62 Å². The van der Waals surface area contributed by atoms with E-state index in [9.17, 15) is 8.42 Å². The molecule has 0 spiro atoms. The Morgan fingerprint density at radius 1 is 1.09 bits per heavy atom. The molecule has 1 aliphatic heterocycles. The van der Waals surface area contributed by atoms with Gasteiger partial charge in [-0.1, -0.05) is 10.6 Å². The number of benzene rings is 1. The number of piperazine rings is 1. The van der Waals surface area contributed by atoms with E-state index in [0.717, 1.165) is 56.0 Å². The molecule has 1 aromatic carbocycles. The van der Waals surface area contributed by atoms with E-state index in [1.807, 2.05) is 5.38 Å². The van der Waals surface area contributed by atoms with E-state index in [4.69, 9.17) is 0 Å². The second kappa shape index (κ2) is 8.83. The fraction of sp³-hybridized carbons (Fsp3) is 0.455. The molecule has 5 rings (SSSR count). The molecule has 0 bridgehead atoms. The second-order valence-corrected chi connectivity index (χ2v) is 12.3. The number of hydrogen-bond donors (Lipinski definition) is 1. The van der Waals surface area contributed by atoms with Crippen molar-refractivity contribution in [2.24, 2.45) is 0 Å². The van der Waals surface area contributed by atoms with Crippen LogP contribution in [0.4, 0.5) is 5.69 Å². The van der Waals surface area contributed by atoms with Gasteiger partial charge in [-0.15, -0.1) is 16.4 Å². The van der Waals surface area contributed by atoms with Gasteiger partial charge in [0.2, 0.25) is 10.0 Å². The minimum atomic E-state index is -3.58. The SMILES string of the molecule is Cc1ccc(N2CCN(C)CC2)c2c1CC[C@@H](NS(=O)(=O)c1ccc(-c3csnn3)s1)C2. The lowest BCUT2D eigenvalue weighted by Gasteiger charge is -2.37. The molecule has 1 saturated heterocycles. The van der Waals surface area contributed by atoms with Gasteiger partial charge < -0.3 is 9.80 Å². The molecule has 0 amide bonds. The summed E-state index contributed by atoms with van der Waals surface area (Å²) in [7, 11) is -1.42. The van der Waals surface area contributed by atoms with Crippen molar-refractivity contribution >= 4 is 38.6 Å². The molecule has 2 aromatic heterocycles. The largest absolute Gasteiger partial charge is 0.369 e. The smallest absolute Gasteiger partial charge is 0.250 e. The maximum absolute atomic E-state index is 13.1. The number of hydrogen-bond acceptors (Lipinski definition) is 8. The molecule has 170 valence electrons. The number of likely N-dealkylation sites (N-methyl/N-ethyl adjacent to an activating group) is 1. The van der Waals surface area contributed by atoms with Gasteiger partial charge in [0.25, 0.3) is 0 Å². The third-order valence-electron chi connectivity index (χ3n) is 6.46. The van der Waals surface area contributed by atoms with E-state index >= 15 is 0 Å².